The number of nitrogens with zero attached hydrogens (tertiary/aromatic N) is 3. The Kier molecular flexibility index (Phi) is 4.24. The van der Waals surface area contributed by atoms with Crippen molar-refractivity contribution in [1.29, 1.82) is 0 Å². The van der Waals surface area contributed by atoms with Crippen LogP contribution in [0.15, 0.2) is 73.1 Å². The Morgan fingerprint density at radius 3 is 2.79 bits per heavy atom. The summed E-state index contributed by atoms with van der Waals surface area (Å²) in [7, 11) is 0. The van der Waals surface area contributed by atoms with Gasteiger partial charge in [0.05, 0.1) is 23.8 Å². The highest BCUT2D eigenvalue weighted by atomic mass is 16.2. The minimum atomic E-state index is -0.363. The van der Waals surface area contributed by atoms with Gasteiger partial charge in [-0.3, -0.25) is 9.59 Å². The normalized spacial score (nSPS) is 16.6. The van der Waals surface area contributed by atoms with Crippen LogP contribution in [0.1, 0.15) is 12.1 Å². The molecule has 2 amide bonds. The van der Waals surface area contributed by atoms with Crippen LogP contribution >= 0.6 is 0 Å². The second-order valence-electron chi connectivity index (χ2n) is 7.32. The molecule has 0 saturated carbocycles. The molecule has 1 aliphatic rings. The summed E-state index contributed by atoms with van der Waals surface area (Å²) in [5.74, 6) is -0.495. The lowest BCUT2D eigenvalue weighted by molar-refractivity contribution is -0.126. The number of pyridine rings is 1. The van der Waals surface area contributed by atoms with E-state index in [1.165, 1.54) is 0 Å². The Morgan fingerprint density at radius 1 is 1.07 bits per heavy atom. The molecule has 29 heavy (non-hydrogen) atoms. The van der Waals surface area contributed by atoms with Gasteiger partial charge >= 0.3 is 0 Å². The van der Waals surface area contributed by atoms with Gasteiger partial charge in [0.2, 0.25) is 11.8 Å². The summed E-state index contributed by atoms with van der Waals surface area (Å²) >= 11 is 0. The van der Waals surface area contributed by atoms with Crippen molar-refractivity contribution in [3.8, 4) is 0 Å². The quantitative estimate of drug-likeness (QED) is 0.588. The van der Waals surface area contributed by atoms with Gasteiger partial charge in [-0.1, -0.05) is 42.5 Å². The van der Waals surface area contributed by atoms with Crippen LogP contribution in [0, 0.1) is 5.92 Å². The lowest BCUT2D eigenvalue weighted by Crippen LogP contribution is -2.32. The van der Waals surface area contributed by atoms with E-state index < -0.39 is 0 Å². The zero-order valence-electron chi connectivity index (χ0n) is 15.8. The first-order valence-corrected chi connectivity index (χ1v) is 9.67. The predicted octanol–water partition coefficient (Wildman–Crippen LogP) is 3.16. The van der Waals surface area contributed by atoms with E-state index in [9.17, 15) is 9.59 Å². The summed E-state index contributed by atoms with van der Waals surface area (Å²) in [6, 6.07) is 19.7. The van der Waals surface area contributed by atoms with Gasteiger partial charge in [0.15, 0.2) is 0 Å². The molecule has 0 bridgehead atoms. The number of aromatic nitrogens is 2. The van der Waals surface area contributed by atoms with Crippen LogP contribution < -0.4 is 10.2 Å². The molecule has 0 aliphatic carbocycles. The van der Waals surface area contributed by atoms with Crippen molar-refractivity contribution in [2.24, 2.45) is 5.92 Å². The zero-order chi connectivity index (χ0) is 19.8. The molecule has 4 aromatic rings. The maximum absolute atomic E-state index is 12.7. The van der Waals surface area contributed by atoms with E-state index in [-0.39, 0.29) is 24.2 Å². The van der Waals surface area contributed by atoms with E-state index in [1.807, 2.05) is 77.5 Å². The number of rotatable bonds is 4. The predicted molar refractivity (Wildman–Crippen MR) is 111 cm³/mol. The van der Waals surface area contributed by atoms with Crippen LogP contribution in [0.25, 0.3) is 16.4 Å². The molecule has 0 spiro atoms. The summed E-state index contributed by atoms with van der Waals surface area (Å²) in [4.78, 5) is 31.6. The van der Waals surface area contributed by atoms with Crippen molar-refractivity contribution in [3.05, 3.63) is 78.8 Å². The summed E-state index contributed by atoms with van der Waals surface area (Å²) in [5.41, 5.74) is 2.50. The summed E-state index contributed by atoms with van der Waals surface area (Å²) in [6.45, 7) is 0.739. The van der Waals surface area contributed by atoms with E-state index in [0.29, 0.717) is 13.1 Å². The molecule has 1 fully saturated rings. The average Bonchev–Trinajstić information content (AvgIpc) is 3.34. The number of anilines is 1. The fourth-order valence-corrected chi connectivity index (χ4v) is 3.95. The molecular weight excluding hydrogens is 364 g/mol. The summed E-state index contributed by atoms with van der Waals surface area (Å²) in [6.07, 6.45) is 4.05. The number of imidazole rings is 1. The largest absolute Gasteiger partial charge is 0.350 e. The van der Waals surface area contributed by atoms with Gasteiger partial charge < -0.3 is 14.6 Å². The second kappa shape index (κ2) is 7.05. The molecule has 6 nitrogen and oxygen atoms in total. The fourth-order valence-electron chi connectivity index (χ4n) is 3.95. The zero-order valence-corrected chi connectivity index (χ0v) is 15.8. The molecule has 5 rings (SSSR count). The van der Waals surface area contributed by atoms with Crippen molar-refractivity contribution < 1.29 is 9.59 Å². The third-order valence-corrected chi connectivity index (χ3v) is 5.41. The van der Waals surface area contributed by atoms with Crippen LogP contribution in [-0.2, 0) is 16.1 Å². The maximum Gasteiger partial charge on any atom is 0.227 e. The number of benzene rings is 2. The molecule has 1 atom stereocenters. The lowest BCUT2D eigenvalue weighted by atomic mass is 10.1. The van der Waals surface area contributed by atoms with Crippen molar-refractivity contribution in [3.63, 3.8) is 0 Å². The van der Waals surface area contributed by atoms with Crippen molar-refractivity contribution >= 4 is 33.9 Å². The highest BCUT2D eigenvalue weighted by Gasteiger charge is 2.35. The number of fused-ring (bicyclic) bond motifs is 2. The van der Waals surface area contributed by atoms with Crippen molar-refractivity contribution in [2.45, 2.75) is 13.0 Å². The number of hydrogen-bond donors (Lipinski definition) is 1. The van der Waals surface area contributed by atoms with E-state index in [4.69, 9.17) is 0 Å². The van der Waals surface area contributed by atoms with Crippen LogP contribution in [0.4, 0.5) is 5.69 Å². The van der Waals surface area contributed by atoms with Crippen LogP contribution in [0.3, 0.4) is 0 Å². The highest BCUT2D eigenvalue weighted by Crippen LogP contribution is 2.31. The van der Waals surface area contributed by atoms with Crippen LogP contribution in [0.5, 0.6) is 0 Å². The van der Waals surface area contributed by atoms with Crippen molar-refractivity contribution in [2.75, 3.05) is 11.4 Å². The molecule has 6 heteroatoms. The minimum absolute atomic E-state index is 0.0192. The van der Waals surface area contributed by atoms with E-state index in [1.54, 1.807) is 4.90 Å². The Hall–Kier alpha value is -3.67. The van der Waals surface area contributed by atoms with Crippen LogP contribution in [0.2, 0.25) is 0 Å². The van der Waals surface area contributed by atoms with E-state index in [2.05, 4.69) is 10.3 Å². The Balaban J connectivity index is 1.30. The number of nitrogens with one attached hydrogen (secondary N) is 1. The lowest BCUT2D eigenvalue weighted by Gasteiger charge is -2.19. The van der Waals surface area contributed by atoms with Gasteiger partial charge in [-0.25, -0.2) is 4.98 Å². The van der Waals surface area contributed by atoms with Gasteiger partial charge in [0, 0.05) is 30.7 Å². The minimum Gasteiger partial charge on any atom is -0.350 e. The van der Waals surface area contributed by atoms with Gasteiger partial charge in [-0.15, -0.1) is 0 Å². The molecular formula is C23H20N4O2. The van der Waals surface area contributed by atoms with Gasteiger partial charge in [0.1, 0.15) is 5.65 Å². The molecule has 144 valence electrons. The number of amides is 2. The summed E-state index contributed by atoms with van der Waals surface area (Å²) < 4.78 is 1.92. The fraction of sp³-hybridized carbons (Fsp3) is 0.174. The van der Waals surface area contributed by atoms with Gasteiger partial charge in [-0.05, 0) is 23.6 Å². The number of carbonyl (C=O) groups excluding carboxylic acids is 2. The third kappa shape index (κ3) is 3.23. The standard InChI is InChI=1S/C23H20N4O2/c28-22-12-17(14-27(22)20-9-5-7-16-6-1-2-8-19(16)20)23(29)24-13-18-15-26-11-4-3-10-21(26)25-18/h1-11,15,17H,12-14H2,(H,24,29)/t17-/m0/s1. The molecule has 0 unspecified atom stereocenters. The SMILES string of the molecule is O=C(NCc1cn2ccccc2n1)[C@H]1CC(=O)N(c2cccc3ccccc23)C1. The molecule has 1 saturated heterocycles. The number of hydrogen-bond acceptors (Lipinski definition) is 3. The average molecular weight is 384 g/mol. The first kappa shape index (κ1) is 17.4. The molecule has 2 aromatic carbocycles. The Labute approximate surface area is 167 Å². The first-order valence-electron chi connectivity index (χ1n) is 9.67. The molecule has 1 N–H and O–H groups in total. The Bertz CT molecular complexity index is 1190. The summed E-state index contributed by atoms with van der Waals surface area (Å²) in [5, 5.41) is 5.04. The van der Waals surface area contributed by atoms with Gasteiger partial charge in [-0.2, -0.15) is 0 Å². The van der Waals surface area contributed by atoms with Gasteiger partial charge in [0.25, 0.3) is 0 Å². The highest BCUT2D eigenvalue weighted by molar-refractivity contribution is 6.06. The Morgan fingerprint density at radius 2 is 1.90 bits per heavy atom. The van der Waals surface area contributed by atoms with Crippen molar-refractivity contribution in [1.82, 2.24) is 14.7 Å². The molecule has 2 aromatic heterocycles. The first-order chi connectivity index (χ1) is 14.2. The maximum atomic E-state index is 12.7. The van der Waals surface area contributed by atoms with Crippen LogP contribution in [-0.4, -0.2) is 27.7 Å². The molecule has 1 aliphatic heterocycles. The van der Waals surface area contributed by atoms with E-state index >= 15 is 0 Å². The topological polar surface area (TPSA) is 66.7 Å². The second-order valence-corrected chi connectivity index (χ2v) is 7.32. The monoisotopic (exact) mass is 384 g/mol. The number of carbonyl (C=O) groups is 2. The smallest absolute Gasteiger partial charge is 0.227 e. The third-order valence-electron chi connectivity index (χ3n) is 5.41. The molecule has 3 heterocycles. The molecule has 0 radical (unpaired) electrons. The van der Waals surface area contributed by atoms with E-state index in [0.717, 1.165) is 27.8 Å².